The highest BCUT2D eigenvalue weighted by molar-refractivity contribution is 5.94. The Morgan fingerprint density at radius 3 is 2.51 bits per heavy atom. The summed E-state index contributed by atoms with van der Waals surface area (Å²) in [5.74, 6) is -4.17. The van der Waals surface area contributed by atoms with E-state index in [0.29, 0.717) is 36.0 Å². The first kappa shape index (κ1) is 25.9. The lowest BCUT2D eigenvalue weighted by molar-refractivity contribution is -0.138. The number of carbonyl (C=O) groups is 2. The average molecular weight is 495 g/mol. The van der Waals surface area contributed by atoms with Crippen LogP contribution < -0.4 is 10.1 Å². The molecule has 0 aliphatic heterocycles. The highest BCUT2D eigenvalue weighted by Crippen LogP contribution is 2.34. The normalized spacial score (nSPS) is 17.6. The summed E-state index contributed by atoms with van der Waals surface area (Å²) >= 11 is 0. The fourth-order valence-corrected chi connectivity index (χ4v) is 3.58. The third kappa shape index (κ3) is 6.06. The van der Waals surface area contributed by atoms with Crippen molar-refractivity contribution >= 4 is 11.9 Å². The number of halogens is 5. The van der Waals surface area contributed by atoms with E-state index in [1.807, 2.05) is 6.92 Å². The van der Waals surface area contributed by atoms with Crippen LogP contribution >= 0.6 is 0 Å². The van der Waals surface area contributed by atoms with Gasteiger partial charge in [0.2, 0.25) is 0 Å². The summed E-state index contributed by atoms with van der Waals surface area (Å²) in [6.45, 7) is 2.03. The Morgan fingerprint density at radius 1 is 1.14 bits per heavy atom. The molecule has 0 bridgehead atoms. The van der Waals surface area contributed by atoms with Gasteiger partial charge in [0.25, 0.3) is 5.91 Å². The molecule has 1 aliphatic carbocycles. The Balaban J connectivity index is 1.84. The fourth-order valence-electron chi connectivity index (χ4n) is 3.58. The van der Waals surface area contributed by atoms with Crippen LogP contribution in [0.4, 0.5) is 22.0 Å². The van der Waals surface area contributed by atoms with E-state index >= 15 is 0 Å². The lowest BCUT2D eigenvalue weighted by Gasteiger charge is -2.23. The second-order valence-electron chi connectivity index (χ2n) is 7.83. The van der Waals surface area contributed by atoms with Crippen LogP contribution in [0, 0.1) is 5.82 Å². The number of hydrogen-bond donors (Lipinski definition) is 2. The molecule has 1 aliphatic rings. The number of carboxylic acid groups (broad SMARTS) is 1. The molecule has 2 aromatic rings. The summed E-state index contributed by atoms with van der Waals surface area (Å²) < 4.78 is 73.0. The van der Waals surface area contributed by atoms with E-state index in [1.165, 1.54) is 18.2 Å². The summed E-state index contributed by atoms with van der Waals surface area (Å²) in [7, 11) is 0. The summed E-state index contributed by atoms with van der Waals surface area (Å²) in [4.78, 5) is 23.8. The summed E-state index contributed by atoms with van der Waals surface area (Å²) in [6.07, 6.45) is -1.74. The van der Waals surface area contributed by atoms with Crippen LogP contribution in [0.15, 0.2) is 60.2 Å². The molecular weight excluding hydrogens is 473 g/mol. The van der Waals surface area contributed by atoms with Gasteiger partial charge in [-0.25, -0.2) is 13.6 Å². The fraction of sp³-hybridized carbons (Fsp3) is 0.280. The van der Waals surface area contributed by atoms with Gasteiger partial charge in [-0.05, 0) is 48.4 Å². The van der Waals surface area contributed by atoms with Crippen LogP contribution in [-0.4, -0.2) is 29.8 Å². The number of carbonyl (C=O) groups excluding carboxylic acids is 1. The number of benzene rings is 2. The van der Waals surface area contributed by atoms with Gasteiger partial charge in [0, 0.05) is 18.0 Å². The Kier molecular flexibility index (Phi) is 7.93. The molecule has 1 amide bonds. The summed E-state index contributed by atoms with van der Waals surface area (Å²) in [6, 6.07) is 6.29. The largest absolute Gasteiger partial charge is 0.493 e. The number of allylic oxidation sites excluding steroid dienone is 3. The van der Waals surface area contributed by atoms with Gasteiger partial charge in [0.15, 0.2) is 0 Å². The number of alkyl halides is 4. The predicted molar refractivity (Wildman–Crippen MR) is 117 cm³/mol. The molecule has 10 heteroatoms. The van der Waals surface area contributed by atoms with Gasteiger partial charge in [-0.1, -0.05) is 25.1 Å². The standard InChI is InChI=1S/C25H22F5NO4/c1-2-10-35-21-9-6-14(17-4-3-5-19(22(17)27)24(33)34)11-15(21)13-31-23(32)18-8-7-16(12-20(18)26)25(28,29)30/h3-9,11-12,17,22H,2,10,13H2,1H3,(H,31,32)(H,33,34). The van der Waals surface area contributed by atoms with Crippen molar-refractivity contribution in [2.45, 2.75) is 38.2 Å². The smallest absolute Gasteiger partial charge is 0.416 e. The molecule has 2 N–H and O–H groups in total. The molecule has 2 aromatic carbocycles. The van der Waals surface area contributed by atoms with Gasteiger partial charge in [0.05, 0.1) is 23.3 Å². The number of carboxylic acids is 1. The van der Waals surface area contributed by atoms with Crippen molar-refractivity contribution in [1.82, 2.24) is 5.32 Å². The van der Waals surface area contributed by atoms with E-state index in [-0.39, 0.29) is 12.6 Å². The maximum absolute atomic E-state index is 14.9. The SMILES string of the molecule is CCCOc1ccc(C2C=CC=C(C(=O)O)C2F)cc1CNC(=O)c1ccc(C(F)(F)F)cc1F. The maximum atomic E-state index is 14.9. The van der Waals surface area contributed by atoms with E-state index in [4.69, 9.17) is 4.74 Å². The lowest BCUT2D eigenvalue weighted by Crippen LogP contribution is -2.25. The zero-order valence-corrected chi connectivity index (χ0v) is 18.5. The van der Waals surface area contributed by atoms with Crippen molar-refractivity contribution in [3.8, 4) is 5.75 Å². The van der Waals surface area contributed by atoms with Crippen LogP contribution in [0.2, 0.25) is 0 Å². The van der Waals surface area contributed by atoms with Gasteiger partial charge in [-0.2, -0.15) is 13.2 Å². The van der Waals surface area contributed by atoms with E-state index < -0.39 is 52.7 Å². The van der Waals surface area contributed by atoms with Crippen LogP contribution in [-0.2, 0) is 17.5 Å². The minimum Gasteiger partial charge on any atom is -0.493 e. The van der Waals surface area contributed by atoms with Crippen molar-refractivity contribution in [2.24, 2.45) is 0 Å². The van der Waals surface area contributed by atoms with E-state index in [2.05, 4.69) is 5.32 Å². The Bertz CT molecular complexity index is 1170. The molecule has 0 radical (unpaired) electrons. The number of ether oxygens (including phenoxy) is 1. The van der Waals surface area contributed by atoms with Crippen molar-refractivity contribution in [1.29, 1.82) is 0 Å². The van der Waals surface area contributed by atoms with E-state index in [9.17, 15) is 36.6 Å². The Hall–Kier alpha value is -3.69. The molecule has 0 saturated heterocycles. The van der Waals surface area contributed by atoms with Gasteiger partial charge >= 0.3 is 12.1 Å². The van der Waals surface area contributed by atoms with Gasteiger partial charge in [-0.15, -0.1) is 0 Å². The first-order valence-corrected chi connectivity index (χ1v) is 10.7. The Labute approximate surface area is 197 Å². The summed E-state index contributed by atoms with van der Waals surface area (Å²) in [5, 5.41) is 11.6. The number of aliphatic carboxylic acids is 1. The highest BCUT2D eigenvalue weighted by Gasteiger charge is 2.32. The predicted octanol–water partition coefficient (Wildman–Crippen LogP) is 5.57. The van der Waals surface area contributed by atoms with Crippen LogP contribution in [0.25, 0.3) is 0 Å². The third-order valence-electron chi connectivity index (χ3n) is 5.37. The monoisotopic (exact) mass is 495 g/mol. The molecule has 0 spiro atoms. The minimum absolute atomic E-state index is 0.193. The lowest BCUT2D eigenvalue weighted by atomic mass is 9.85. The second-order valence-corrected chi connectivity index (χ2v) is 7.83. The molecule has 186 valence electrons. The van der Waals surface area contributed by atoms with Crippen molar-refractivity contribution < 1.29 is 41.4 Å². The first-order chi connectivity index (χ1) is 16.5. The van der Waals surface area contributed by atoms with Gasteiger partial charge in [-0.3, -0.25) is 4.79 Å². The van der Waals surface area contributed by atoms with Gasteiger partial charge in [0.1, 0.15) is 17.7 Å². The number of nitrogens with one attached hydrogen (secondary N) is 1. The van der Waals surface area contributed by atoms with E-state index in [1.54, 1.807) is 18.2 Å². The van der Waals surface area contributed by atoms with E-state index in [0.717, 1.165) is 6.07 Å². The highest BCUT2D eigenvalue weighted by atomic mass is 19.4. The number of amides is 1. The van der Waals surface area contributed by atoms with Crippen molar-refractivity contribution in [3.63, 3.8) is 0 Å². The van der Waals surface area contributed by atoms with Gasteiger partial charge < -0.3 is 15.2 Å². The molecule has 2 atom stereocenters. The number of rotatable bonds is 8. The molecule has 0 fully saturated rings. The molecule has 2 unspecified atom stereocenters. The molecular formula is C25H22F5NO4. The van der Waals surface area contributed by atoms with Crippen molar-refractivity contribution in [3.05, 3.63) is 88.3 Å². The van der Waals surface area contributed by atoms with Crippen LogP contribution in [0.1, 0.15) is 46.3 Å². The third-order valence-corrected chi connectivity index (χ3v) is 5.37. The second kappa shape index (κ2) is 10.7. The van der Waals surface area contributed by atoms with Crippen LogP contribution in [0.5, 0.6) is 5.75 Å². The summed E-state index contributed by atoms with van der Waals surface area (Å²) in [5.41, 5.74) is -1.35. The molecule has 0 heterocycles. The molecule has 35 heavy (non-hydrogen) atoms. The zero-order valence-electron chi connectivity index (χ0n) is 18.5. The molecule has 5 nitrogen and oxygen atoms in total. The first-order valence-electron chi connectivity index (χ1n) is 10.7. The van der Waals surface area contributed by atoms with Crippen molar-refractivity contribution in [2.75, 3.05) is 6.61 Å². The minimum atomic E-state index is -4.75. The Morgan fingerprint density at radius 2 is 1.89 bits per heavy atom. The maximum Gasteiger partial charge on any atom is 0.416 e. The quantitative estimate of drug-likeness (QED) is 0.470. The number of hydrogen-bond acceptors (Lipinski definition) is 3. The molecule has 0 saturated carbocycles. The van der Waals surface area contributed by atoms with Crippen LogP contribution in [0.3, 0.4) is 0 Å². The average Bonchev–Trinajstić information content (AvgIpc) is 2.80. The molecule has 3 rings (SSSR count). The zero-order chi connectivity index (χ0) is 25.8. The molecule has 0 aromatic heterocycles. The topological polar surface area (TPSA) is 75.6 Å².